The summed E-state index contributed by atoms with van der Waals surface area (Å²) in [5.74, 6) is 0. The summed E-state index contributed by atoms with van der Waals surface area (Å²) in [6.45, 7) is 0.880. The maximum absolute atomic E-state index is 6.01. The molecule has 0 bridgehead atoms. The zero-order valence-corrected chi connectivity index (χ0v) is 10.6. The molecule has 1 unspecified atom stereocenters. The van der Waals surface area contributed by atoms with Crippen molar-refractivity contribution < 1.29 is 0 Å². The number of nitrogens with zero attached hydrogens (tertiary/aromatic N) is 2. The van der Waals surface area contributed by atoms with E-state index in [9.17, 15) is 0 Å². The molecule has 0 saturated heterocycles. The van der Waals surface area contributed by atoms with E-state index in [1.807, 2.05) is 12.4 Å². The third-order valence-corrected chi connectivity index (χ3v) is 3.97. The Hall–Kier alpha value is -2.07. The smallest absolute Gasteiger partial charge is 0.0956 e. The predicted octanol–water partition coefficient (Wildman–Crippen LogP) is 2.30. The number of para-hydroxylation sites is 1. The van der Waals surface area contributed by atoms with Gasteiger partial charge in [-0.1, -0.05) is 18.2 Å². The maximum atomic E-state index is 6.01. The van der Waals surface area contributed by atoms with Crippen LogP contribution in [0.15, 0.2) is 36.8 Å². The summed E-state index contributed by atoms with van der Waals surface area (Å²) >= 11 is 0. The average molecular weight is 252 g/mol. The highest BCUT2D eigenvalue weighted by molar-refractivity contribution is 5.95. The summed E-state index contributed by atoms with van der Waals surface area (Å²) in [6.07, 6.45) is 6.03. The van der Waals surface area contributed by atoms with Gasteiger partial charge in [-0.3, -0.25) is 0 Å². The molecule has 0 saturated carbocycles. The third kappa shape index (κ3) is 1.60. The van der Waals surface area contributed by atoms with Gasteiger partial charge in [0.15, 0.2) is 0 Å². The molecule has 1 atom stereocenters. The molecule has 0 fully saturated rings. The lowest BCUT2D eigenvalue weighted by Gasteiger charge is -2.21. The van der Waals surface area contributed by atoms with Crippen molar-refractivity contribution in [3.63, 3.8) is 0 Å². The van der Waals surface area contributed by atoms with Crippen molar-refractivity contribution in [2.24, 2.45) is 5.73 Å². The van der Waals surface area contributed by atoms with Gasteiger partial charge in [0.1, 0.15) is 0 Å². The molecule has 3 heterocycles. The van der Waals surface area contributed by atoms with Gasteiger partial charge < -0.3 is 15.3 Å². The Kier molecular flexibility index (Phi) is 2.26. The van der Waals surface area contributed by atoms with Crippen molar-refractivity contribution in [2.45, 2.75) is 25.4 Å². The van der Waals surface area contributed by atoms with Crippen molar-refractivity contribution in [2.75, 3.05) is 0 Å². The second kappa shape index (κ2) is 3.96. The Morgan fingerprint density at radius 3 is 3.16 bits per heavy atom. The first-order valence-electron chi connectivity index (χ1n) is 6.69. The van der Waals surface area contributed by atoms with E-state index in [1.165, 1.54) is 16.6 Å². The van der Waals surface area contributed by atoms with Crippen LogP contribution in [0, 0.1) is 0 Å². The van der Waals surface area contributed by atoms with Gasteiger partial charge in [0, 0.05) is 40.9 Å². The van der Waals surface area contributed by atoms with E-state index in [0.717, 1.165) is 30.6 Å². The largest absolute Gasteiger partial charge is 0.360 e. The molecule has 0 radical (unpaired) electrons. The van der Waals surface area contributed by atoms with Crippen LogP contribution in [0.3, 0.4) is 0 Å². The zero-order chi connectivity index (χ0) is 12.8. The lowest BCUT2D eigenvalue weighted by Crippen LogP contribution is -2.31. The quantitative estimate of drug-likeness (QED) is 0.698. The Balaban J connectivity index is 1.89. The fourth-order valence-corrected chi connectivity index (χ4v) is 2.99. The Bertz CT molecular complexity index is 738. The van der Waals surface area contributed by atoms with Crippen molar-refractivity contribution >= 4 is 10.9 Å². The molecule has 4 heteroatoms. The molecule has 1 aliphatic rings. The lowest BCUT2D eigenvalue weighted by molar-refractivity contribution is 0.461. The minimum absolute atomic E-state index is 0.262. The highest BCUT2D eigenvalue weighted by Crippen LogP contribution is 2.31. The maximum Gasteiger partial charge on any atom is 0.0956 e. The zero-order valence-electron chi connectivity index (χ0n) is 10.6. The summed E-state index contributed by atoms with van der Waals surface area (Å²) in [7, 11) is 0. The second-order valence-corrected chi connectivity index (χ2v) is 5.24. The Morgan fingerprint density at radius 2 is 2.21 bits per heavy atom. The molecule has 4 nitrogen and oxygen atoms in total. The number of nitrogens with two attached hydrogens (primary N) is 1. The number of H-pyrrole nitrogens is 1. The molecule has 1 aromatic carbocycles. The van der Waals surface area contributed by atoms with Crippen LogP contribution in [0.4, 0.5) is 0 Å². The summed E-state index contributed by atoms with van der Waals surface area (Å²) in [6, 6.07) is 8.61. The molecular weight excluding hydrogens is 236 g/mol. The molecule has 1 aliphatic heterocycles. The number of nitrogens with one attached hydrogen (secondary N) is 1. The fraction of sp³-hybridized carbons (Fsp3) is 0.267. The Morgan fingerprint density at radius 1 is 1.32 bits per heavy atom. The van der Waals surface area contributed by atoms with Gasteiger partial charge in [-0.2, -0.15) is 0 Å². The summed E-state index contributed by atoms with van der Waals surface area (Å²) in [5, 5.41) is 1.24. The van der Waals surface area contributed by atoms with Crippen molar-refractivity contribution in [1.29, 1.82) is 0 Å². The highest BCUT2D eigenvalue weighted by Gasteiger charge is 2.21. The predicted molar refractivity (Wildman–Crippen MR) is 75.8 cm³/mol. The number of hydrogen-bond donors (Lipinski definition) is 2. The van der Waals surface area contributed by atoms with E-state index in [-0.39, 0.29) is 6.04 Å². The molecule has 0 spiro atoms. The van der Waals surface area contributed by atoms with Crippen LogP contribution >= 0.6 is 0 Å². The van der Waals surface area contributed by atoms with E-state index < -0.39 is 0 Å². The van der Waals surface area contributed by atoms with Gasteiger partial charge in [0.05, 0.1) is 12.0 Å². The minimum Gasteiger partial charge on any atom is -0.360 e. The van der Waals surface area contributed by atoms with Gasteiger partial charge in [0.2, 0.25) is 0 Å². The van der Waals surface area contributed by atoms with Gasteiger partial charge >= 0.3 is 0 Å². The van der Waals surface area contributed by atoms with Crippen LogP contribution < -0.4 is 5.73 Å². The van der Waals surface area contributed by atoms with Crippen LogP contribution in [0.5, 0.6) is 0 Å². The topological polar surface area (TPSA) is 59.6 Å². The molecule has 2 aromatic heterocycles. The first-order chi connectivity index (χ1) is 9.33. The van der Waals surface area contributed by atoms with Gasteiger partial charge in [-0.05, 0) is 18.9 Å². The van der Waals surface area contributed by atoms with Crippen LogP contribution in [-0.4, -0.2) is 20.6 Å². The monoisotopic (exact) mass is 252 g/mol. The average Bonchev–Trinajstić information content (AvgIpc) is 3.01. The summed E-state index contributed by atoms with van der Waals surface area (Å²) in [4.78, 5) is 7.93. The number of hydrogen-bond acceptors (Lipinski definition) is 2. The lowest BCUT2D eigenvalue weighted by atomic mass is 10.0. The number of fused-ring (bicyclic) bond motifs is 2. The van der Waals surface area contributed by atoms with E-state index in [4.69, 9.17) is 5.73 Å². The first kappa shape index (κ1) is 10.8. The van der Waals surface area contributed by atoms with Crippen molar-refractivity contribution in [3.05, 3.63) is 42.5 Å². The molecule has 0 amide bonds. The fourth-order valence-electron chi connectivity index (χ4n) is 2.99. The van der Waals surface area contributed by atoms with Crippen LogP contribution in [0.2, 0.25) is 0 Å². The number of aromatic amines is 1. The minimum atomic E-state index is 0.262. The Labute approximate surface area is 111 Å². The van der Waals surface area contributed by atoms with Gasteiger partial charge in [0.25, 0.3) is 0 Å². The van der Waals surface area contributed by atoms with E-state index >= 15 is 0 Å². The normalized spacial score (nSPS) is 18.7. The summed E-state index contributed by atoms with van der Waals surface area (Å²) in [5.41, 5.74) is 10.8. The molecule has 4 rings (SSSR count). The standard InChI is InChI=1S/C15H16N4/c16-10-5-6-14-15(18-9-19(14)8-10)12-7-17-13-4-2-1-3-11(12)13/h1-4,7,9-10,17H,5-6,8,16H2. The molecule has 19 heavy (non-hydrogen) atoms. The van der Waals surface area contributed by atoms with Crippen molar-refractivity contribution in [3.8, 4) is 11.3 Å². The molecule has 3 aromatic rings. The van der Waals surface area contributed by atoms with Crippen LogP contribution in [0.25, 0.3) is 22.2 Å². The number of benzene rings is 1. The number of rotatable bonds is 1. The van der Waals surface area contributed by atoms with Crippen LogP contribution in [0.1, 0.15) is 12.1 Å². The molecular formula is C15H16N4. The van der Waals surface area contributed by atoms with E-state index in [1.54, 1.807) is 0 Å². The van der Waals surface area contributed by atoms with E-state index in [2.05, 4.69) is 38.9 Å². The molecule has 3 N–H and O–H groups in total. The number of imidazole rings is 1. The van der Waals surface area contributed by atoms with Gasteiger partial charge in [-0.15, -0.1) is 0 Å². The SMILES string of the molecule is NC1CCc2c(-c3c[nH]c4ccccc34)ncn2C1. The molecule has 96 valence electrons. The highest BCUT2D eigenvalue weighted by atomic mass is 15.1. The van der Waals surface area contributed by atoms with Crippen molar-refractivity contribution in [1.82, 2.24) is 14.5 Å². The number of aromatic nitrogens is 3. The second-order valence-electron chi connectivity index (χ2n) is 5.24. The first-order valence-corrected chi connectivity index (χ1v) is 6.69. The third-order valence-electron chi connectivity index (χ3n) is 3.97. The molecule has 0 aliphatic carbocycles. The van der Waals surface area contributed by atoms with Crippen LogP contribution in [-0.2, 0) is 13.0 Å². The summed E-state index contributed by atoms with van der Waals surface area (Å²) < 4.78 is 2.20. The van der Waals surface area contributed by atoms with Gasteiger partial charge in [-0.25, -0.2) is 4.98 Å². The van der Waals surface area contributed by atoms with E-state index in [0.29, 0.717) is 0 Å².